The van der Waals surface area contributed by atoms with Gasteiger partial charge in [0.2, 0.25) is 24.1 Å². The zero-order valence-corrected chi connectivity index (χ0v) is 25.5. The Kier molecular flexibility index (Phi) is 13.2. The zero-order valence-electron chi connectivity index (χ0n) is 23.9. The van der Waals surface area contributed by atoms with E-state index in [0.29, 0.717) is 17.1 Å². The van der Waals surface area contributed by atoms with Gasteiger partial charge in [-0.2, -0.15) is 0 Å². The fraction of sp³-hybridized carbons (Fsp3) is 0.345. The van der Waals surface area contributed by atoms with Gasteiger partial charge in [-0.1, -0.05) is 58.0 Å². The first-order chi connectivity index (χ1) is 21.1. The smallest absolute Gasteiger partial charge is 0.411 e. The van der Waals surface area contributed by atoms with Gasteiger partial charge in [-0.3, -0.25) is 44.3 Å². The summed E-state index contributed by atoms with van der Waals surface area (Å²) in [5.41, 5.74) is 1.55. The van der Waals surface area contributed by atoms with Crippen molar-refractivity contribution in [1.82, 2.24) is 15.1 Å². The molecule has 0 spiro atoms. The number of hydrogen-bond donors (Lipinski definition) is 3. The van der Waals surface area contributed by atoms with Gasteiger partial charge in [-0.25, -0.2) is 4.79 Å². The maximum absolute atomic E-state index is 13.1. The number of rotatable bonds is 15. The first-order valence-electron chi connectivity index (χ1n) is 13.5. The third-order valence-electron chi connectivity index (χ3n) is 6.47. The molecule has 1 saturated heterocycles. The fourth-order valence-electron chi connectivity index (χ4n) is 4.27. The zero-order chi connectivity index (χ0) is 32.1. The normalized spacial score (nSPS) is 14.2. The molecule has 0 aromatic heterocycles. The van der Waals surface area contributed by atoms with Gasteiger partial charge in [0, 0.05) is 42.1 Å². The first kappa shape index (κ1) is 34.1. The number of imide groups is 2. The van der Waals surface area contributed by atoms with Gasteiger partial charge in [0.25, 0.3) is 5.91 Å². The molecule has 6 amide bonds. The summed E-state index contributed by atoms with van der Waals surface area (Å²) in [5.74, 6) is -2.45. The van der Waals surface area contributed by atoms with Crippen molar-refractivity contribution in [3.05, 3.63) is 65.2 Å². The molecule has 2 aromatic carbocycles. The van der Waals surface area contributed by atoms with Crippen molar-refractivity contribution in [3.8, 4) is 0 Å². The Hall–Kier alpha value is -4.37. The minimum Gasteiger partial charge on any atom is -0.480 e. The molecule has 2 aromatic rings. The average molecular weight is 645 g/mol. The summed E-state index contributed by atoms with van der Waals surface area (Å²) >= 11 is 0. The molecule has 13 nitrogen and oxygen atoms in total. The quantitative estimate of drug-likeness (QED) is 0.112. The van der Waals surface area contributed by atoms with E-state index in [1.54, 1.807) is 13.0 Å². The monoisotopic (exact) mass is 644 g/mol. The van der Waals surface area contributed by atoms with E-state index in [2.05, 4.69) is 10.6 Å². The van der Waals surface area contributed by atoms with Crippen LogP contribution < -0.4 is 10.6 Å². The van der Waals surface area contributed by atoms with Crippen LogP contribution in [-0.2, 0) is 35.3 Å². The molecule has 3 N–H and O–H groups in total. The lowest BCUT2D eigenvalue weighted by Gasteiger charge is -2.28. The highest BCUT2D eigenvalue weighted by Crippen LogP contribution is 2.24. The summed E-state index contributed by atoms with van der Waals surface area (Å²) in [7, 11) is 2.79. The molecule has 0 radical (unpaired) electrons. The molecule has 1 aliphatic heterocycles. The van der Waals surface area contributed by atoms with Crippen molar-refractivity contribution in [1.29, 1.82) is 0 Å². The van der Waals surface area contributed by atoms with Gasteiger partial charge in [-0.05, 0) is 36.6 Å². The van der Waals surface area contributed by atoms with Crippen LogP contribution >= 0.6 is 21.6 Å². The Bertz CT molecular complexity index is 1390. The first-order valence-corrected chi connectivity index (χ1v) is 16.0. The van der Waals surface area contributed by atoms with Crippen LogP contribution in [0.1, 0.15) is 40.7 Å². The number of nitrogens with zero attached hydrogens (tertiary/aromatic N) is 2. The molecule has 1 aliphatic rings. The molecule has 1 unspecified atom stereocenters. The third-order valence-corrected chi connectivity index (χ3v) is 8.84. The highest BCUT2D eigenvalue weighted by atomic mass is 33.1. The standard InChI is InChI=1S/C29H32N4O9S2/c1-19-21(28(40)33(18-34)23-10-11-24(35)31-27(23)39)8-5-9-22(19)30-29(41)42-13-15-44-43-14-12-25(36)32(17-26(37)38)16-20-6-3-2-4-7-20/h2-9,18,23H,10-17H2,1H3,(H,30,41)(H,37,38)(H,31,35,39). The lowest BCUT2D eigenvalue weighted by molar-refractivity contribution is -0.144. The van der Waals surface area contributed by atoms with Crippen LogP contribution in [0.4, 0.5) is 10.5 Å². The average Bonchev–Trinajstić information content (AvgIpc) is 2.99. The van der Waals surface area contributed by atoms with Gasteiger partial charge in [0.1, 0.15) is 19.2 Å². The lowest BCUT2D eigenvalue weighted by atomic mass is 10.0. The number of amides is 6. The molecule has 0 aliphatic carbocycles. The number of anilines is 1. The van der Waals surface area contributed by atoms with Crippen molar-refractivity contribution in [3.63, 3.8) is 0 Å². The molecule has 1 heterocycles. The maximum Gasteiger partial charge on any atom is 0.411 e. The molecular formula is C29H32N4O9S2. The highest BCUT2D eigenvalue weighted by Gasteiger charge is 2.35. The fourth-order valence-corrected chi connectivity index (χ4v) is 6.08. The van der Waals surface area contributed by atoms with Crippen LogP contribution in [0, 0.1) is 6.92 Å². The number of carbonyl (C=O) groups is 7. The molecule has 1 atom stereocenters. The third kappa shape index (κ3) is 10.1. The summed E-state index contributed by atoms with van der Waals surface area (Å²) < 4.78 is 5.20. The number of hydrogen-bond acceptors (Lipinski definition) is 10. The van der Waals surface area contributed by atoms with Crippen LogP contribution in [0.15, 0.2) is 48.5 Å². The van der Waals surface area contributed by atoms with Crippen molar-refractivity contribution in [2.24, 2.45) is 0 Å². The van der Waals surface area contributed by atoms with Crippen molar-refractivity contribution >= 4 is 69.4 Å². The van der Waals surface area contributed by atoms with Crippen molar-refractivity contribution < 1.29 is 43.4 Å². The molecule has 1 fully saturated rings. The van der Waals surface area contributed by atoms with Gasteiger partial charge >= 0.3 is 12.1 Å². The lowest BCUT2D eigenvalue weighted by Crippen LogP contribution is -2.53. The molecule has 3 rings (SSSR count). The minimum atomic E-state index is -1.12. The van der Waals surface area contributed by atoms with E-state index >= 15 is 0 Å². The van der Waals surface area contributed by atoms with Gasteiger partial charge in [-0.15, -0.1) is 0 Å². The number of ether oxygens (including phenoxy) is 1. The number of benzene rings is 2. The number of carboxylic acids is 1. The Morgan fingerprint density at radius 1 is 1.07 bits per heavy atom. The van der Waals surface area contributed by atoms with E-state index in [4.69, 9.17) is 9.84 Å². The Morgan fingerprint density at radius 3 is 2.48 bits per heavy atom. The topological polar surface area (TPSA) is 179 Å². The van der Waals surface area contributed by atoms with E-state index in [9.17, 15) is 33.6 Å². The second-order valence-corrected chi connectivity index (χ2v) is 12.2. The summed E-state index contributed by atoms with van der Waals surface area (Å²) in [5, 5.41) is 13.8. The predicted octanol–water partition coefficient (Wildman–Crippen LogP) is 2.83. The minimum absolute atomic E-state index is 0.00445. The maximum atomic E-state index is 13.1. The van der Waals surface area contributed by atoms with Crippen molar-refractivity contribution in [2.75, 3.05) is 30.0 Å². The molecular weight excluding hydrogens is 612 g/mol. The van der Waals surface area contributed by atoms with Crippen LogP contribution in [0.5, 0.6) is 0 Å². The van der Waals surface area contributed by atoms with E-state index in [1.165, 1.54) is 38.6 Å². The van der Waals surface area contributed by atoms with Crippen LogP contribution in [0.2, 0.25) is 0 Å². The number of carboxylic acid groups (broad SMARTS) is 1. The molecule has 44 heavy (non-hydrogen) atoms. The Balaban J connectivity index is 1.41. The summed E-state index contributed by atoms with van der Waals surface area (Å²) in [6.07, 6.45) is -0.351. The van der Waals surface area contributed by atoms with Gasteiger partial charge < -0.3 is 14.7 Å². The van der Waals surface area contributed by atoms with Crippen LogP contribution in [-0.4, -0.2) is 87.7 Å². The number of nitrogens with one attached hydrogen (secondary N) is 2. The Morgan fingerprint density at radius 2 is 1.80 bits per heavy atom. The number of piperidine rings is 1. The van der Waals surface area contributed by atoms with Crippen LogP contribution in [0.25, 0.3) is 0 Å². The Labute approximate surface area is 261 Å². The van der Waals surface area contributed by atoms with E-state index in [1.807, 2.05) is 30.3 Å². The van der Waals surface area contributed by atoms with Crippen molar-refractivity contribution in [2.45, 2.75) is 38.8 Å². The predicted molar refractivity (Wildman–Crippen MR) is 164 cm³/mol. The SMILES string of the molecule is Cc1c(NC(=O)OCCSSCCC(=O)N(CC(=O)O)Cc2ccccc2)cccc1C(=O)N(C=O)C1CCC(=O)NC1=O. The number of carbonyl (C=O) groups excluding carboxylic acids is 6. The van der Waals surface area contributed by atoms with E-state index in [0.717, 1.165) is 10.5 Å². The number of aliphatic carboxylic acids is 1. The molecule has 15 heteroatoms. The van der Waals surface area contributed by atoms with E-state index < -0.39 is 35.8 Å². The molecule has 0 saturated carbocycles. The highest BCUT2D eigenvalue weighted by molar-refractivity contribution is 8.76. The van der Waals surface area contributed by atoms with Gasteiger partial charge in [0.05, 0.1) is 0 Å². The molecule has 0 bridgehead atoms. The molecule has 234 valence electrons. The second-order valence-electron chi connectivity index (χ2n) is 9.55. The second kappa shape index (κ2) is 17.1. The van der Waals surface area contributed by atoms with Crippen LogP contribution in [0.3, 0.4) is 0 Å². The van der Waals surface area contributed by atoms with Gasteiger partial charge in [0.15, 0.2) is 0 Å². The summed E-state index contributed by atoms with van der Waals surface area (Å²) in [4.78, 5) is 86.6. The largest absolute Gasteiger partial charge is 0.480 e. The summed E-state index contributed by atoms with van der Waals surface area (Å²) in [6.45, 7) is 1.45. The van der Waals surface area contributed by atoms with E-state index in [-0.39, 0.29) is 62.5 Å². The summed E-state index contributed by atoms with van der Waals surface area (Å²) in [6, 6.07) is 12.5.